The Kier molecular flexibility index (Phi) is 5.16. The average Bonchev–Trinajstić information content (AvgIpc) is 3.14. The van der Waals surface area contributed by atoms with Crippen molar-refractivity contribution in [2.75, 3.05) is 13.6 Å². The summed E-state index contributed by atoms with van der Waals surface area (Å²) in [6.07, 6.45) is 7.57. The van der Waals surface area contributed by atoms with Crippen molar-refractivity contribution < 1.29 is 4.52 Å². The highest BCUT2D eigenvalue weighted by Gasteiger charge is 2.19. The topological polar surface area (TPSA) is 58.0 Å². The van der Waals surface area contributed by atoms with Crippen LogP contribution >= 0.6 is 0 Å². The molecule has 126 valence electrons. The monoisotopic (exact) mass is 316 g/mol. The number of aromatic amines is 1. The fourth-order valence-electron chi connectivity index (χ4n) is 3.58. The molecule has 3 rings (SSSR count). The summed E-state index contributed by atoms with van der Waals surface area (Å²) >= 11 is 0. The van der Waals surface area contributed by atoms with E-state index in [0.717, 1.165) is 36.7 Å². The molecule has 2 heterocycles. The van der Waals surface area contributed by atoms with Gasteiger partial charge in [0.05, 0.1) is 17.9 Å². The smallest absolute Gasteiger partial charge is 0.150 e. The van der Waals surface area contributed by atoms with E-state index in [2.05, 4.69) is 47.2 Å². The SMILES string of the molecule is Cc1n[nH]c(C)c1CCN(C)Cc1cc(C2CCCCC2)no1. The zero-order chi connectivity index (χ0) is 16.2. The number of likely N-dealkylation sites (N-methyl/N-ethyl adjacent to an activating group) is 1. The Bertz CT molecular complexity index is 605. The molecule has 0 atom stereocenters. The van der Waals surface area contributed by atoms with Crippen LogP contribution in [-0.2, 0) is 13.0 Å². The van der Waals surface area contributed by atoms with Gasteiger partial charge in [0.2, 0.25) is 0 Å². The number of aryl methyl sites for hydroxylation is 2. The first-order valence-corrected chi connectivity index (χ1v) is 8.78. The van der Waals surface area contributed by atoms with Gasteiger partial charge in [0, 0.05) is 24.2 Å². The van der Waals surface area contributed by atoms with E-state index < -0.39 is 0 Å². The van der Waals surface area contributed by atoms with E-state index in [1.54, 1.807) is 0 Å². The summed E-state index contributed by atoms with van der Waals surface area (Å²) in [5.74, 6) is 1.59. The predicted molar refractivity (Wildman–Crippen MR) is 90.4 cm³/mol. The number of H-pyrrole nitrogens is 1. The molecule has 2 aromatic rings. The molecule has 0 saturated heterocycles. The zero-order valence-corrected chi connectivity index (χ0v) is 14.6. The molecule has 5 nitrogen and oxygen atoms in total. The second-order valence-electron chi connectivity index (χ2n) is 6.95. The van der Waals surface area contributed by atoms with Crippen LogP contribution in [0.3, 0.4) is 0 Å². The Morgan fingerprint density at radius 2 is 2.04 bits per heavy atom. The molecule has 0 aliphatic heterocycles. The Balaban J connectivity index is 1.51. The lowest BCUT2D eigenvalue weighted by Crippen LogP contribution is -2.20. The van der Waals surface area contributed by atoms with Crippen molar-refractivity contribution in [2.45, 2.75) is 64.8 Å². The third kappa shape index (κ3) is 4.02. The molecule has 23 heavy (non-hydrogen) atoms. The third-order valence-corrected chi connectivity index (χ3v) is 5.05. The van der Waals surface area contributed by atoms with Crippen LogP contribution in [0.4, 0.5) is 0 Å². The van der Waals surface area contributed by atoms with Crippen LogP contribution in [0.15, 0.2) is 10.6 Å². The number of nitrogens with one attached hydrogen (secondary N) is 1. The second-order valence-corrected chi connectivity index (χ2v) is 6.95. The van der Waals surface area contributed by atoms with Crippen molar-refractivity contribution >= 4 is 0 Å². The van der Waals surface area contributed by atoms with Crippen LogP contribution in [0, 0.1) is 13.8 Å². The standard InChI is InChI=1S/C18H28N4O/c1-13-17(14(2)20-19-13)9-10-22(3)12-16-11-18(21-23-16)15-7-5-4-6-8-15/h11,15H,4-10,12H2,1-3H3,(H,19,20). The van der Waals surface area contributed by atoms with Gasteiger partial charge in [0.1, 0.15) is 0 Å². The maximum absolute atomic E-state index is 5.56. The Morgan fingerprint density at radius 1 is 1.26 bits per heavy atom. The summed E-state index contributed by atoms with van der Waals surface area (Å²) in [5.41, 5.74) is 4.78. The molecule has 0 radical (unpaired) electrons. The van der Waals surface area contributed by atoms with Crippen LogP contribution in [0.2, 0.25) is 0 Å². The van der Waals surface area contributed by atoms with E-state index in [0.29, 0.717) is 5.92 Å². The molecule has 1 aliphatic rings. The minimum Gasteiger partial charge on any atom is -0.360 e. The molecule has 2 aromatic heterocycles. The molecular formula is C18H28N4O. The molecule has 0 aromatic carbocycles. The normalized spacial score (nSPS) is 16.3. The molecule has 1 fully saturated rings. The van der Waals surface area contributed by atoms with Crippen LogP contribution < -0.4 is 0 Å². The van der Waals surface area contributed by atoms with Gasteiger partial charge in [-0.25, -0.2) is 0 Å². The summed E-state index contributed by atoms with van der Waals surface area (Å²) in [6, 6.07) is 2.17. The lowest BCUT2D eigenvalue weighted by molar-refractivity contribution is 0.272. The lowest BCUT2D eigenvalue weighted by atomic mass is 9.87. The van der Waals surface area contributed by atoms with Crippen molar-refractivity contribution in [3.63, 3.8) is 0 Å². The van der Waals surface area contributed by atoms with Crippen molar-refractivity contribution in [3.8, 4) is 0 Å². The first-order valence-electron chi connectivity index (χ1n) is 8.78. The fourth-order valence-corrected chi connectivity index (χ4v) is 3.58. The van der Waals surface area contributed by atoms with Crippen molar-refractivity contribution in [3.05, 3.63) is 34.5 Å². The molecule has 1 saturated carbocycles. The lowest BCUT2D eigenvalue weighted by Gasteiger charge is -2.18. The molecule has 0 spiro atoms. The van der Waals surface area contributed by atoms with Gasteiger partial charge in [0.25, 0.3) is 0 Å². The molecule has 0 unspecified atom stereocenters. The predicted octanol–water partition coefficient (Wildman–Crippen LogP) is 3.74. The van der Waals surface area contributed by atoms with E-state index in [9.17, 15) is 0 Å². The molecule has 1 aliphatic carbocycles. The minimum atomic E-state index is 0.614. The van der Waals surface area contributed by atoms with Gasteiger partial charge in [-0.2, -0.15) is 5.10 Å². The summed E-state index contributed by atoms with van der Waals surface area (Å²) in [4.78, 5) is 2.29. The van der Waals surface area contributed by atoms with Gasteiger partial charge in [0.15, 0.2) is 5.76 Å². The van der Waals surface area contributed by atoms with Gasteiger partial charge in [-0.3, -0.25) is 10.00 Å². The maximum Gasteiger partial charge on any atom is 0.150 e. The number of hydrogen-bond acceptors (Lipinski definition) is 4. The number of rotatable bonds is 6. The zero-order valence-electron chi connectivity index (χ0n) is 14.6. The average molecular weight is 316 g/mol. The second kappa shape index (κ2) is 7.30. The van der Waals surface area contributed by atoms with Crippen LogP contribution in [0.1, 0.15) is 66.4 Å². The van der Waals surface area contributed by atoms with Crippen molar-refractivity contribution in [2.24, 2.45) is 0 Å². The molecule has 0 amide bonds. The first-order chi connectivity index (χ1) is 11.1. The first kappa shape index (κ1) is 16.2. The Hall–Kier alpha value is -1.62. The molecular weight excluding hydrogens is 288 g/mol. The minimum absolute atomic E-state index is 0.614. The van der Waals surface area contributed by atoms with Gasteiger partial charge < -0.3 is 4.52 Å². The quantitative estimate of drug-likeness (QED) is 0.882. The van der Waals surface area contributed by atoms with Crippen LogP contribution in [0.25, 0.3) is 0 Å². The molecule has 5 heteroatoms. The van der Waals surface area contributed by atoms with E-state index >= 15 is 0 Å². The van der Waals surface area contributed by atoms with Crippen molar-refractivity contribution in [1.82, 2.24) is 20.3 Å². The third-order valence-electron chi connectivity index (χ3n) is 5.05. The molecule has 1 N–H and O–H groups in total. The number of aromatic nitrogens is 3. The van der Waals surface area contributed by atoms with Crippen LogP contribution in [0.5, 0.6) is 0 Å². The Morgan fingerprint density at radius 3 is 2.74 bits per heavy atom. The highest BCUT2D eigenvalue weighted by molar-refractivity contribution is 5.23. The van der Waals surface area contributed by atoms with Crippen molar-refractivity contribution in [1.29, 1.82) is 0 Å². The van der Waals surface area contributed by atoms with Crippen LogP contribution in [-0.4, -0.2) is 33.8 Å². The largest absolute Gasteiger partial charge is 0.360 e. The fraction of sp³-hybridized carbons (Fsp3) is 0.667. The van der Waals surface area contributed by atoms with Gasteiger partial charge in [-0.05, 0) is 45.7 Å². The summed E-state index contributed by atoms with van der Waals surface area (Å²) in [5, 5.41) is 11.6. The van der Waals surface area contributed by atoms with E-state index in [1.807, 2.05) is 0 Å². The maximum atomic E-state index is 5.56. The highest BCUT2D eigenvalue weighted by atomic mass is 16.5. The summed E-state index contributed by atoms with van der Waals surface area (Å²) < 4.78 is 5.56. The van der Waals surface area contributed by atoms with E-state index in [-0.39, 0.29) is 0 Å². The summed E-state index contributed by atoms with van der Waals surface area (Å²) in [6.45, 7) is 5.95. The number of hydrogen-bond donors (Lipinski definition) is 1. The number of nitrogens with zero attached hydrogens (tertiary/aromatic N) is 3. The summed E-state index contributed by atoms with van der Waals surface area (Å²) in [7, 11) is 2.13. The van der Waals surface area contributed by atoms with Gasteiger partial charge in [-0.1, -0.05) is 24.4 Å². The van der Waals surface area contributed by atoms with E-state index in [1.165, 1.54) is 43.4 Å². The van der Waals surface area contributed by atoms with Gasteiger partial charge in [-0.15, -0.1) is 0 Å². The van der Waals surface area contributed by atoms with Gasteiger partial charge >= 0.3 is 0 Å². The Labute approximate surface area is 138 Å². The molecule has 0 bridgehead atoms. The highest BCUT2D eigenvalue weighted by Crippen LogP contribution is 2.32. The van der Waals surface area contributed by atoms with E-state index in [4.69, 9.17) is 4.52 Å².